The maximum atomic E-state index is 11.6. The second kappa shape index (κ2) is 12.8. The Balaban J connectivity index is 0.00000385. The molecule has 0 unspecified atom stereocenters. The minimum Gasteiger partial charge on any atom is -0.461 e. The van der Waals surface area contributed by atoms with Gasteiger partial charge in [-0.25, -0.2) is 0 Å². The summed E-state index contributed by atoms with van der Waals surface area (Å²) >= 11 is 0. The molecule has 0 aromatic carbocycles. The molecule has 5 atom stereocenters. The van der Waals surface area contributed by atoms with Crippen LogP contribution >= 0.6 is 0 Å². The van der Waals surface area contributed by atoms with Crippen molar-refractivity contribution in [2.24, 2.45) is 34.8 Å². The van der Waals surface area contributed by atoms with Crippen molar-refractivity contribution in [1.29, 1.82) is 0 Å². The van der Waals surface area contributed by atoms with Crippen molar-refractivity contribution in [1.82, 2.24) is 0 Å². The molecule has 3 aliphatic carbocycles. The Kier molecular flexibility index (Phi) is 11.0. The van der Waals surface area contributed by atoms with Gasteiger partial charge in [-0.3, -0.25) is 4.79 Å². The number of carbonyl (C=O) groups excluding carboxylic acids is 1. The van der Waals surface area contributed by atoms with Crippen molar-refractivity contribution in [3.05, 3.63) is 35.5 Å². The summed E-state index contributed by atoms with van der Waals surface area (Å²) in [5, 5.41) is 0. The first-order valence-corrected chi connectivity index (χ1v) is 13.2. The summed E-state index contributed by atoms with van der Waals surface area (Å²) < 4.78 is 5.52. The molecule has 0 aromatic heterocycles. The molecule has 4 heteroatoms. The van der Waals surface area contributed by atoms with E-state index in [4.69, 9.17) is 10.5 Å². The number of allylic oxidation sites excluding steroid dienone is 4. The van der Waals surface area contributed by atoms with Gasteiger partial charge in [0.25, 0.3) is 0 Å². The molecule has 0 heterocycles. The van der Waals surface area contributed by atoms with Crippen molar-refractivity contribution in [2.45, 2.75) is 104 Å². The normalized spacial score (nSPS) is 33.2. The van der Waals surface area contributed by atoms with Gasteiger partial charge in [0.1, 0.15) is 6.10 Å². The first kappa shape index (κ1) is 28.4. The number of rotatable bonds is 8. The molecule has 186 valence electrons. The molecule has 0 spiro atoms. The molecule has 3 fully saturated rings. The van der Waals surface area contributed by atoms with Crippen LogP contribution in [0.3, 0.4) is 0 Å². The van der Waals surface area contributed by atoms with Gasteiger partial charge in [-0.1, -0.05) is 76.8 Å². The van der Waals surface area contributed by atoms with E-state index < -0.39 is 0 Å². The molecule has 3 rings (SSSR count). The van der Waals surface area contributed by atoms with Crippen LogP contribution in [-0.2, 0) is 26.9 Å². The van der Waals surface area contributed by atoms with Gasteiger partial charge in [-0.15, -0.1) is 0 Å². The van der Waals surface area contributed by atoms with E-state index >= 15 is 0 Å². The van der Waals surface area contributed by atoms with Crippen LogP contribution in [0.5, 0.6) is 0 Å². The molecule has 0 bridgehead atoms. The second-order valence-corrected chi connectivity index (χ2v) is 11.5. The summed E-state index contributed by atoms with van der Waals surface area (Å²) in [5.41, 5.74) is 9.99. The molecule has 0 aromatic rings. The van der Waals surface area contributed by atoms with Crippen molar-refractivity contribution in [3.8, 4) is 0 Å². The first-order chi connectivity index (χ1) is 15.2. The Morgan fingerprint density at radius 3 is 2.64 bits per heavy atom. The Morgan fingerprint density at radius 1 is 1.18 bits per heavy atom. The average Bonchev–Trinajstić information content (AvgIpc) is 3.11. The van der Waals surface area contributed by atoms with E-state index in [1.165, 1.54) is 62.5 Å². The van der Waals surface area contributed by atoms with Gasteiger partial charge >= 0.3 is 5.97 Å². The maximum Gasteiger partial charge on any atom is 0.319 e. The summed E-state index contributed by atoms with van der Waals surface area (Å²) in [6.45, 7) is 14.0. The Hall–Kier alpha value is -0.818. The van der Waals surface area contributed by atoms with Gasteiger partial charge < -0.3 is 10.5 Å². The SMILES string of the molecule is C=C1CC[C@H](OC(=O)CN)C/C1=C/C=C1\CCC[C@]2(C)[C@@H]([C@H](C)CCCC(C)C)CC[C@@H]12.[Cr]. The van der Waals surface area contributed by atoms with Crippen LogP contribution in [0.1, 0.15) is 98.3 Å². The zero-order valence-electron chi connectivity index (χ0n) is 21.5. The van der Waals surface area contributed by atoms with Gasteiger partial charge in [0.05, 0.1) is 6.54 Å². The van der Waals surface area contributed by atoms with Crippen LogP contribution in [0.25, 0.3) is 0 Å². The number of esters is 1. The van der Waals surface area contributed by atoms with Crippen LogP contribution in [0.2, 0.25) is 0 Å². The van der Waals surface area contributed by atoms with Crippen LogP contribution in [-0.4, -0.2) is 18.6 Å². The fourth-order valence-electron chi connectivity index (χ4n) is 6.98. The fourth-order valence-corrected chi connectivity index (χ4v) is 6.98. The largest absolute Gasteiger partial charge is 0.461 e. The van der Waals surface area contributed by atoms with Gasteiger partial charge in [-0.05, 0) is 79.6 Å². The quantitative estimate of drug-likeness (QED) is 0.366. The molecule has 2 N–H and O–H groups in total. The fraction of sp³-hybridized carbons (Fsp3) is 0.759. The van der Waals surface area contributed by atoms with E-state index in [1.807, 2.05) is 0 Å². The molecule has 3 aliphatic rings. The number of carbonyl (C=O) groups is 1. The minimum atomic E-state index is -0.303. The Bertz CT molecular complexity index is 740. The van der Waals surface area contributed by atoms with Gasteiger partial charge in [-0.2, -0.15) is 0 Å². The number of nitrogens with two attached hydrogens (primary N) is 1. The summed E-state index contributed by atoms with van der Waals surface area (Å²) in [7, 11) is 0. The van der Waals surface area contributed by atoms with E-state index in [1.54, 1.807) is 5.57 Å². The number of ether oxygens (including phenoxy) is 1. The van der Waals surface area contributed by atoms with E-state index in [2.05, 4.69) is 46.4 Å². The third-order valence-electron chi connectivity index (χ3n) is 8.80. The Morgan fingerprint density at radius 2 is 1.94 bits per heavy atom. The third-order valence-corrected chi connectivity index (χ3v) is 8.80. The summed E-state index contributed by atoms with van der Waals surface area (Å²) in [6.07, 6.45) is 18.0. The van der Waals surface area contributed by atoms with Crippen molar-refractivity contribution < 1.29 is 26.9 Å². The molecule has 0 aliphatic heterocycles. The first-order valence-electron chi connectivity index (χ1n) is 13.2. The standard InChI is InChI=1S/C29H47NO2.Cr/c1-20(2)8-6-9-22(4)26-15-16-27-23(10-7-17-29(26,27)5)12-13-24-18-25(14-11-21(24)3)32-28(31)19-30;/h12-13,20,22,25-27H,3,6-11,14-19,30H2,1-2,4-5H3;/b23-12+,24-13-;/t22-,25+,26-,27+,29-;/m1./s1. The smallest absolute Gasteiger partial charge is 0.319 e. The molecule has 0 saturated heterocycles. The summed E-state index contributed by atoms with van der Waals surface area (Å²) in [4.78, 5) is 11.6. The predicted octanol–water partition coefficient (Wildman–Crippen LogP) is 7.13. The molecule has 3 nitrogen and oxygen atoms in total. The molecule has 33 heavy (non-hydrogen) atoms. The Labute approximate surface area is 213 Å². The summed E-state index contributed by atoms with van der Waals surface area (Å²) in [6, 6.07) is 0. The molecular formula is C29H47CrNO2. The van der Waals surface area contributed by atoms with Crippen molar-refractivity contribution in [2.75, 3.05) is 6.54 Å². The third kappa shape index (κ3) is 7.09. The minimum absolute atomic E-state index is 0. The topological polar surface area (TPSA) is 52.3 Å². The van der Waals surface area contributed by atoms with Gasteiger partial charge in [0.15, 0.2) is 0 Å². The molecular weight excluding hydrogens is 446 g/mol. The van der Waals surface area contributed by atoms with E-state index in [9.17, 15) is 4.79 Å². The van der Waals surface area contributed by atoms with Crippen LogP contribution in [0, 0.1) is 29.1 Å². The van der Waals surface area contributed by atoms with Crippen molar-refractivity contribution in [3.63, 3.8) is 0 Å². The molecule has 3 saturated carbocycles. The molecule has 0 radical (unpaired) electrons. The zero-order chi connectivity index (χ0) is 23.3. The predicted molar refractivity (Wildman–Crippen MR) is 134 cm³/mol. The van der Waals surface area contributed by atoms with Crippen molar-refractivity contribution >= 4 is 5.97 Å². The number of fused-ring (bicyclic) bond motifs is 1. The van der Waals surface area contributed by atoms with E-state index in [-0.39, 0.29) is 36.0 Å². The van der Waals surface area contributed by atoms with E-state index in [0.717, 1.165) is 42.9 Å². The number of hydrogen-bond acceptors (Lipinski definition) is 3. The summed E-state index contributed by atoms with van der Waals surface area (Å²) in [5.74, 6) is 2.94. The zero-order valence-corrected chi connectivity index (χ0v) is 22.8. The van der Waals surface area contributed by atoms with Gasteiger partial charge in [0, 0.05) is 23.8 Å². The maximum absolute atomic E-state index is 11.6. The monoisotopic (exact) mass is 493 g/mol. The number of hydrogen-bond donors (Lipinski definition) is 1. The van der Waals surface area contributed by atoms with E-state index in [0.29, 0.717) is 5.41 Å². The van der Waals surface area contributed by atoms with Crippen LogP contribution in [0.15, 0.2) is 35.5 Å². The van der Waals surface area contributed by atoms with Crippen LogP contribution in [0.4, 0.5) is 0 Å². The van der Waals surface area contributed by atoms with Crippen LogP contribution < -0.4 is 5.73 Å². The average molecular weight is 494 g/mol. The van der Waals surface area contributed by atoms with Gasteiger partial charge in [0.2, 0.25) is 0 Å². The molecule has 0 amide bonds. The second-order valence-electron chi connectivity index (χ2n) is 11.5.